The van der Waals surface area contributed by atoms with E-state index in [2.05, 4.69) is 11.8 Å². The highest BCUT2D eigenvalue weighted by Gasteiger charge is 2.24. The predicted molar refractivity (Wildman–Crippen MR) is 72.5 cm³/mol. The second-order valence-corrected chi connectivity index (χ2v) is 5.14. The lowest BCUT2D eigenvalue weighted by Gasteiger charge is -2.34. The maximum absolute atomic E-state index is 9.74. The van der Waals surface area contributed by atoms with Gasteiger partial charge in [-0.15, -0.1) is 0 Å². The molecule has 0 aliphatic carbocycles. The van der Waals surface area contributed by atoms with E-state index in [9.17, 15) is 5.11 Å². The summed E-state index contributed by atoms with van der Waals surface area (Å²) in [6, 6.07) is 5.73. The molecule has 3 N–H and O–H groups in total. The number of aliphatic hydroxyl groups excluding tert-OH is 1. The first-order chi connectivity index (χ1) is 8.60. The molecule has 0 radical (unpaired) electrons. The van der Waals surface area contributed by atoms with Gasteiger partial charge in [-0.05, 0) is 30.5 Å². The van der Waals surface area contributed by atoms with Crippen molar-refractivity contribution in [2.75, 3.05) is 25.9 Å². The van der Waals surface area contributed by atoms with Crippen molar-refractivity contribution < 1.29 is 9.84 Å². The van der Waals surface area contributed by atoms with E-state index in [0.29, 0.717) is 5.92 Å². The first-order valence-corrected chi connectivity index (χ1v) is 6.43. The summed E-state index contributed by atoms with van der Waals surface area (Å²) >= 11 is 0. The Hall–Kier alpha value is -1.26. The molecule has 1 fully saturated rings. The number of likely N-dealkylation sites (tertiary alicyclic amines) is 1. The Kier molecular flexibility index (Phi) is 4.09. The predicted octanol–water partition coefficient (Wildman–Crippen LogP) is 1.48. The molecule has 2 unspecified atom stereocenters. The van der Waals surface area contributed by atoms with Crippen LogP contribution in [0, 0.1) is 5.92 Å². The summed E-state index contributed by atoms with van der Waals surface area (Å²) < 4.78 is 5.36. The Morgan fingerprint density at radius 2 is 2.28 bits per heavy atom. The number of nitrogens with two attached hydrogens (primary N) is 1. The van der Waals surface area contributed by atoms with Crippen LogP contribution in [0.15, 0.2) is 18.2 Å². The number of ether oxygens (including phenoxy) is 1. The summed E-state index contributed by atoms with van der Waals surface area (Å²) in [5.74, 6) is 1.20. The molecule has 1 aromatic carbocycles. The SMILES string of the molecule is COc1ccc(N)cc1CN1CCC(O)C(C)C1. The van der Waals surface area contributed by atoms with E-state index < -0.39 is 0 Å². The van der Waals surface area contributed by atoms with Crippen molar-refractivity contribution in [2.45, 2.75) is 26.0 Å². The van der Waals surface area contributed by atoms with Crippen LogP contribution in [0.25, 0.3) is 0 Å². The van der Waals surface area contributed by atoms with Gasteiger partial charge in [0.15, 0.2) is 0 Å². The van der Waals surface area contributed by atoms with Crippen LogP contribution in [0.5, 0.6) is 5.75 Å². The minimum absolute atomic E-state index is 0.163. The highest BCUT2D eigenvalue weighted by Crippen LogP contribution is 2.25. The van der Waals surface area contributed by atoms with Crippen molar-refractivity contribution in [2.24, 2.45) is 5.92 Å². The lowest BCUT2D eigenvalue weighted by Crippen LogP contribution is -2.41. The van der Waals surface area contributed by atoms with Gasteiger partial charge in [-0.25, -0.2) is 0 Å². The Balaban J connectivity index is 2.07. The quantitative estimate of drug-likeness (QED) is 0.798. The molecule has 0 saturated carbocycles. The summed E-state index contributed by atoms with van der Waals surface area (Å²) in [5, 5.41) is 9.74. The molecule has 4 nitrogen and oxygen atoms in total. The first-order valence-electron chi connectivity index (χ1n) is 6.43. The van der Waals surface area contributed by atoms with E-state index in [4.69, 9.17) is 10.5 Å². The fourth-order valence-electron chi connectivity index (χ4n) is 2.53. The van der Waals surface area contributed by atoms with E-state index in [1.54, 1.807) is 7.11 Å². The molecule has 0 aromatic heterocycles. The van der Waals surface area contributed by atoms with Gasteiger partial charge in [0, 0.05) is 30.9 Å². The van der Waals surface area contributed by atoms with Crippen LogP contribution in [0.3, 0.4) is 0 Å². The summed E-state index contributed by atoms with van der Waals surface area (Å²) in [6.45, 7) is 4.75. The van der Waals surface area contributed by atoms with E-state index in [0.717, 1.165) is 43.1 Å². The maximum atomic E-state index is 9.74. The Morgan fingerprint density at radius 1 is 1.50 bits per heavy atom. The van der Waals surface area contributed by atoms with Crippen molar-refractivity contribution in [3.05, 3.63) is 23.8 Å². The second kappa shape index (κ2) is 5.59. The molecule has 100 valence electrons. The number of rotatable bonds is 3. The highest BCUT2D eigenvalue weighted by molar-refractivity contribution is 5.47. The minimum Gasteiger partial charge on any atom is -0.496 e. The van der Waals surface area contributed by atoms with E-state index >= 15 is 0 Å². The molecule has 0 spiro atoms. The lowest BCUT2D eigenvalue weighted by molar-refractivity contribution is 0.0318. The van der Waals surface area contributed by atoms with Gasteiger partial charge in [-0.3, -0.25) is 4.90 Å². The first kappa shape index (κ1) is 13.2. The third-order valence-electron chi connectivity index (χ3n) is 3.64. The largest absolute Gasteiger partial charge is 0.496 e. The average Bonchev–Trinajstić information content (AvgIpc) is 2.34. The molecule has 4 heteroatoms. The van der Waals surface area contributed by atoms with Crippen LogP contribution in [0.4, 0.5) is 5.69 Å². The summed E-state index contributed by atoms with van der Waals surface area (Å²) in [7, 11) is 1.68. The standard InChI is InChI=1S/C14H22N2O2/c1-10-8-16(6-5-13(10)17)9-11-7-12(15)3-4-14(11)18-2/h3-4,7,10,13,17H,5-6,8-9,15H2,1-2H3. The molecule has 2 rings (SSSR count). The molecule has 1 aliphatic rings. The van der Waals surface area contributed by atoms with Gasteiger partial charge in [-0.2, -0.15) is 0 Å². The summed E-state index contributed by atoms with van der Waals surface area (Å²) in [6.07, 6.45) is 0.676. The molecule has 1 aliphatic heterocycles. The number of aliphatic hydroxyl groups is 1. The van der Waals surface area contributed by atoms with Crippen molar-refractivity contribution >= 4 is 5.69 Å². The number of hydrogen-bond donors (Lipinski definition) is 2. The van der Waals surface area contributed by atoms with Crippen molar-refractivity contribution in [1.29, 1.82) is 0 Å². The van der Waals surface area contributed by atoms with Gasteiger partial charge < -0.3 is 15.6 Å². The lowest BCUT2D eigenvalue weighted by atomic mass is 9.96. The average molecular weight is 250 g/mol. The number of nitrogen functional groups attached to an aromatic ring is 1. The van der Waals surface area contributed by atoms with E-state index in [-0.39, 0.29) is 6.10 Å². The van der Waals surface area contributed by atoms with Gasteiger partial charge in [0.1, 0.15) is 5.75 Å². The Morgan fingerprint density at radius 3 is 2.94 bits per heavy atom. The zero-order chi connectivity index (χ0) is 13.1. The number of benzene rings is 1. The molecule has 1 aromatic rings. The Labute approximate surface area is 108 Å². The molecular formula is C14H22N2O2. The Bertz CT molecular complexity index is 409. The molecule has 0 amide bonds. The van der Waals surface area contributed by atoms with Crippen molar-refractivity contribution in [3.63, 3.8) is 0 Å². The zero-order valence-corrected chi connectivity index (χ0v) is 11.1. The van der Waals surface area contributed by atoms with Gasteiger partial charge in [-0.1, -0.05) is 6.92 Å². The highest BCUT2D eigenvalue weighted by atomic mass is 16.5. The summed E-state index contributed by atoms with van der Waals surface area (Å²) in [5.41, 5.74) is 7.69. The van der Waals surface area contributed by atoms with E-state index in [1.807, 2.05) is 18.2 Å². The topological polar surface area (TPSA) is 58.7 Å². The second-order valence-electron chi connectivity index (χ2n) is 5.14. The smallest absolute Gasteiger partial charge is 0.123 e. The number of piperidine rings is 1. The van der Waals surface area contributed by atoms with Crippen LogP contribution >= 0.6 is 0 Å². The third-order valence-corrected chi connectivity index (χ3v) is 3.64. The van der Waals surface area contributed by atoms with Crippen molar-refractivity contribution in [3.8, 4) is 5.75 Å². The van der Waals surface area contributed by atoms with Gasteiger partial charge in [0.05, 0.1) is 13.2 Å². The maximum Gasteiger partial charge on any atom is 0.123 e. The van der Waals surface area contributed by atoms with Crippen LogP contribution in [0.1, 0.15) is 18.9 Å². The number of hydrogen-bond acceptors (Lipinski definition) is 4. The normalized spacial score (nSPS) is 25.1. The van der Waals surface area contributed by atoms with E-state index in [1.165, 1.54) is 0 Å². The molecule has 2 atom stereocenters. The van der Waals surface area contributed by atoms with Crippen LogP contribution in [-0.2, 0) is 6.54 Å². The fraction of sp³-hybridized carbons (Fsp3) is 0.571. The number of nitrogens with zero attached hydrogens (tertiary/aromatic N) is 1. The van der Waals surface area contributed by atoms with Gasteiger partial charge in [0.25, 0.3) is 0 Å². The molecule has 0 bridgehead atoms. The molecular weight excluding hydrogens is 228 g/mol. The van der Waals surface area contributed by atoms with Crippen LogP contribution < -0.4 is 10.5 Å². The fourth-order valence-corrected chi connectivity index (χ4v) is 2.53. The zero-order valence-electron chi connectivity index (χ0n) is 11.1. The van der Waals surface area contributed by atoms with Crippen LogP contribution in [0.2, 0.25) is 0 Å². The molecule has 18 heavy (non-hydrogen) atoms. The molecule has 1 saturated heterocycles. The minimum atomic E-state index is -0.163. The number of methoxy groups -OCH3 is 1. The van der Waals surface area contributed by atoms with Crippen molar-refractivity contribution in [1.82, 2.24) is 4.90 Å². The van der Waals surface area contributed by atoms with Crippen LogP contribution in [-0.4, -0.2) is 36.3 Å². The number of anilines is 1. The monoisotopic (exact) mass is 250 g/mol. The molecule has 1 heterocycles. The van der Waals surface area contributed by atoms with Gasteiger partial charge >= 0.3 is 0 Å². The van der Waals surface area contributed by atoms with Gasteiger partial charge in [0.2, 0.25) is 0 Å². The summed E-state index contributed by atoms with van der Waals surface area (Å²) in [4.78, 5) is 2.34. The third kappa shape index (κ3) is 2.94.